The number of hydrogen-bond donors (Lipinski definition) is 1. The number of hydrogen-bond acceptors (Lipinski definition) is 2. The summed E-state index contributed by atoms with van der Waals surface area (Å²) in [5.41, 5.74) is 2.25. The summed E-state index contributed by atoms with van der Waals surface area (Å²) in [5, 5.41) is 0. The second-order valence-electron chi connectivity index (χ2n) is 4.70. The van der Waals surface area contributed by atoms with E-state index in [1.54, 1.807) is 30.3 Å². The van der Waals surface area contributed by atoms with E-state index in [2.05, 4.69) is 4.72 Å². The van der Waals surface area contributed by atoms with Gasteiger partial charge in [-0.1, -0.05) is 54.6 Å². The Hall–Kier alpha value is -1.91. The molecule has 3 nitrogen and oxygen atoms in total. The average Bonchev–Trinajstić information content (AvgIpc) is 2.50. The maximum absolute atomic E-state index is 12.0. The van der Waals surface area contributed by atoms with E-state index in [-0.39, 0.29) is 0 Å². The zero-order chi connectivity index (χ0) is 15.1. The Kier molecular flexibility index (Phi) is 5.31. The molecule has 4 heteroatoms. The molecule has 0 bridgehead atoms. The van der Waals surface area contributed by atoms with Crippen LogP contribution in [0.5, 0.6) is 0 Å². The van der Waals surface area contributed by atoms with Gasteiger partial charge in [0.1, 0.15) is 0 Å². The van der Waals surface area contributed by atoms with E-state index in [9.17, 15) is 8.42 Å². The highest BCUT2D eigenvalue weighted by Gasteiger charge is 2.11. The van der Waals surface area contributed by atoms with Crippen molar-refractivity contribution in [3.63, 3.8) is 0 Å². The van der Waals surface area contributed by atoms with Crippen LogP contribution in [0.2, 0.25) is 0 Å². The molecule has 2 aromatic carbocycles. The monoisotopic (exact) mass is 301 g/mol. The molecule has 2 rings (SSSR count). The van der Waals surface area contributed by atoms with Crippen molar-refractivity contribution in [1.29, 1.82) is 0 Å². The van der Waals surface area contributed by atoms with Crippen LogP contribution in [0.4, 0.5) is 0 Å². The largest absolute Gasteiger partial charge is 0.240 e. The molecular weight excluding hydrogens is 282 g/mol. The van der Waals surface area contributed by atoms with E-state index in [1.807, 2.05) is 43.3 Å². The molecule has 0 aliphatic rings. The minimum absolute atomic E-state index is 0.299. The zero-order valence-electron chi connectivity index (χ0n) is 12.0. The lowest BCUT2D eigenvalue weighted by molar-refractivity contribution is 0.581. The van der Waals surface area contributed by atoms with Gasteiger partial charge in [-0.3, -0.25) is 0 Å². The van der Waals surface area contributed by atoms with Gasteiger partial charge in [0, 0.05) is 6.54 Å². The van der Waals surface area contributed by atoms with Gasteiger partial charge in [0.15, 0.2) is 0 Å². The average molecular weight is 301 g/mol. The summed E-state index contributed by atoms with van der Waals surface area (Å²) in [6.07, 6.45) is 4.69. The molecule has 1 N–H and O–H groups in total. The van der Waals surface area contributed by atoms with Gasteiger partial charge in [-0.2, -0.15) is 0 Å². The van der Waals surface area contributed by atoms with Crippen molar-refractivity contribution < 1.29 is 8.42 Å². The molecule has 0 aromatic heterocycles. The lowest BCUT2D eigenvalue weighted by Gasteiger charge is -2.07. The van der Waals surface area contributed by atoms with E-state index < -0.39 is 10.0 Å². The van der Waals surface area contributed by atoms with Crippen molar-refractivity contribution in [2.75, 3.05) is 6.54 Å². The van der Waals surface area contributed by atoms with E-state index in [0.29, 0.717) is 17.9 Å². The summed E-state index contributed by atoms with van der Waals surface area (Å²) in [6, 6.07) is 16.5. The predicted octanol–water partition coefficient (Wildman–Crippen LogP) is 3.24. The van der Waals surface area contributed by atoms with Crippen molar-refractivity contribution in [2.24, 2.45) is 0 Å². The molecule has 0 saturated carbocycles. The van der Waals surface area contributed by atoms with Crippen LogP contribution >= 0.6 is 0 Å². The van der Waals surface area contributed by atoms with Crippen molar-refractivity contribution in [3.05, 3.63) is 71.8 Å². The highest BCUT2D eigenvalue weighted by atomic mass is 32.2. The Morgan fingerprint density at radius 1 is 1.00 bits per heavy atom. The first-order valence-electron chi connectivity index (χ1n) is 6.88. The summed E-state index contributed by atoms with van der Waals surface area (Å²) >= 11 is 0. The fourth-order valence-electron chi connectivity index (χ4n) is 2.00. The number of allylic oxidation sites excluding steroid dienone is 1. The fraction of sp³-hybridized carbons (Fsp3) is 0.176. The van der Waals surface area contributed by atoms with E-state index in [4.69, 9.17) is 0 Å². The third-order valence-corrected chi connectivity index (χ3v) is 4.58. The molecular formula is C17H19NO2S. The second-order valence-corrected chi connectivity index (χ2v) is 6.47. The number of rotatable bonds is 6. The van der Waals surface area contributed by atoms with Crippen molar-refractivity contribution in [3.8, 4) is 0 Å². The van der Waals surface area contributed by atoms with E-state index in [0.717, 1.165) is 11.1 Å². The van der Waals surface area contributed by atoms with Gasteiger partial charge in [-0.05, 0) is 36.6 Å². The molecule has 0 radical (unpaired) electrons. The summed E-state index contributed by atoms with van der Waals surface area (Å²) < 4.78 is 26.7. The van der Waals surface area contributed by atoms with Crippen LogP contribution in [-0.4, -0.2) is 15.0 Å². The summed E-state index contributed by atoms with van der Waals surface area (Å²) in [6.45, 7) is 2.37. The fourth-order valence-corrected chi connectivity index (χ4v) is 3.05. The zero-order valence-corrected chi connectivity index (χ0v) is 12.8. The minimum atomic E-state index is -3.41. The van der Waals surface area contributed by atoms with Crippen LogP contribution in [0, 0.1) is 0 Å². The first-order chi connectivity index (χ1) is 10.1. The van der Waals surface area contributed by atoms with Crippen LogP contribution in [0.1, 0.15) is 18.1 Å². The Bertz CT molecular complexity index is 689. The molecule has 0 spiro atoms. The molecule has 0 saturated heterocycles. The third-order valence-electron chi connectivity index (χ3n) is 3.10. The normalized spacial score (nSPS) is 11.9. The molecule has 21 heavy (non-hydrogen) atoms. The molecule has 0 heterocycles. The Morgan fingerprint density at radius 2 is 1.67 bits per heavy atom. The quantitative estimate of drug-likeness (QED) is 0.890. The Labute approximate surface area is 126 Å². The lowest BCUT2D eigenvalue weighted by atomic mass is 10.1. The maximum Gasteiger partial charge on any atom is 0.240 e. The highest BCUT2D eigenvalue weighted by Crippen LogP contribution is 2.09. The Balaban J connectivity index is 1.92. The summed E-state index contributed by atoms with van der Waals surface area (Å²) in [4.78, 5) is 0.299. The topological polar surface area (TPSA) is 46.2 Å². The molecule has 0 fully saturated rings. The lowest BCUT2D eigenvalue weighted by Crippen LogP contribution is -2.25. The molecule has 0 amide bonds. The number of sulfonamides is 1. The van der Waals surface area contributed by atoms with Gasteiger partial charge in [0.2, 0.25) is 10.0 Å². The Morgan fingerprint density at radius 3 is 2.29 bits per heavy atom. The van der Waals surface area contributed by atoms with Gasteiger partial charge in [-0.15, -0.1) is 0 Å². The van der Waals surface area contributed by atoms with Gasteiger partial charge < -0.3 is 0 Å². The number of nitrogens with one attached hydrogen (secondary N) is 1. The maximum atomic E-state index is 12.0. The molecule has 0 unspecified atom stereocenters. The van der Waals surface area contributed by atoms with Gasteiger partial charge in [-0.25, -0.2) is 13.1 Å². The standard InChI is InChI=1S/C17H19NO2S/c1-2-6-15-9-11-16(12-10-15)13-14-18-21(19,20)17-7-4-3-5-8-17/h2-12,18H,13-14H2,1H3. The second kappa shape index (κ2) is 7.20. The van der Waals surface area contributed by atoms with E-state index >= 15 is 0 Å². The highest BCUT2D eigenvalue weighted by molar-refractivity contribution is 7.89. The third kappa shape index (κ3) is 4.55. The first-order valence-corrected chi connectivity index (χ1v) is 8.36. The van der Waals surface area contributed by atoms with Crippen molar-refractivity contribution in [2.45, 2.75) is 18.2 Å². The van der Waals surface area contributed by atoms with Gasteiger partial charge in [0.25, 0.3) is 0 Å². The van der Waals surface area contributed by atoms with Crippen molar-refractivity contribution >= 4 is 16.1 Å². The van der Waals surface area contributed by atoms with Crippen LogP contribution < -0.4 is 4.72 Å². The van der Waals surface area contributed by atoms with Crippen LogP contribution in [-0.2, 0) is 16.4 Å². The van der Waals surface area contributed by atoms with Crippen LogP contribution in [0.25, 0.3) is 6.08 Å². The summed E-state index contributed by atoms with van der Waals surface area (Å²) in [7, 11) is -3.41. The van der Waals surface area contributed by atoms with Gasteiger partial charge in [0.05, 0.1) is 4.90 Å². The molecule has 0 aliphatic heterocycles. The molecule has 2 aromatic rings. The van der Waals surface area contributed by atoms with Crippen molar-refractivity contribution in [1.82, 2.24) is 4.72 Å². The molecule has 0 aliphatic carbocycles. The summed E-state index contributed by atoms with van der Waals surface area (Å²) in [5.74, 6) is 0. The van der Waals surface area contributed by atoms with Gasteiger partial charge >= 0.3 is 0 Å². The SMILES string of the molecule is CC=Cc1ccc(CCNS(=O)(=O)c2ccccc2)cc1. The predicted molar refractivity (Wildman–Crippen MR) is 86.5 cm³/mol. The smallest absolute Gasteiger partial charge is 0.211 e. The first kappa shape index (κ1) is 15.5. The van der Waals surface area contributed by atoms with E-state index in [1.165, 1.54) is 0 Å². The van der Waals surface area contributed by atoms with Crippen LogP contribution in [0.3, 0.4) is 0 Å². The van der Waals surface area contributed by atoms with Crippen LogP contribution in [0.15, 0.2) is 65.6 Å². The minimum Gasteiger partial charge on any atom is -0.211 e. The molecule has 110 valence electrons. The molecule has 0 atom stereocenters. The number of benzene rings is 2.